The minimum Gasteiger partial charge on any atom is -0.467 e. The van der Waals surface area contributed by atoms with Crippen molar-refractivity contribution >= 4 is 17.6 Å². The zero-order chi connectivity index (χ0) is 24.2. The second kappa shape index (κ2) is 10.6. The Morgan fingerprint density at radius 3 is 2.49 bits per heavy atom. The Morgan fingerprint density at radius 1 is 0.971 bits per heavy atom. The molecule has 2 saturated heterocycles. The first-order valence-corrected chi connectivity index (χ1v) is 12.4. The third-order valence-electron chi connectivity index (χ3n) is 7.23. The van der Waals surface area contributed by atoms with Gasteiger partial charge in [0, 0.05) is 37.9 Å². The van der Waals surface area contributed by atoms with Gasteiger partial charge in [0.1, 0.15) is 6.04 Å². The number of rotatable bonds is 7. The molecule has 2 aromatic carbocycles. The molecule has 1 N–H and O–H groups in total. The van der Waals surface area contributed by atoms with E-state index in [-0.39, 0.29) is 11.9 Å². The zero-order valence-electron chi connectivity index (χ0n) is 20.2. The second-order valence-corrected chi connectivity index (χ2v) is 9.44. The third-order valence-corrected chi connectivity index (χ3v) is 7.23. The van der Waals surface area contributed by atoms with Gasteiger partial charge in [-0.3, -0.25) is 4.79 Å². The van der Waals surface area contributed by atoms with Crippen LogP contribution in [0.4, 0.5) is 5.69 Å². The molecule has 0 saturated carbocycles. The van der Waals surface area contributed by atoms with Crippen LogP contribution in [0.5, 0.6) is 11.5 Å². The number of amides is 1. The molecule has 1 atom stereocenters. The quantitative estimate of drug-likeness (QED) is 0.612. The van der Waals surface area contributed by atoms with Crippen LogP contribution in [0.25, 0.3) is 0 Å². The first kappa shape index (κ1) is 23.5. The summed E-state index contributed by atoms with van der Waals surface area (Å²) in [4.78, 5) is 28.8. The Bertz CT molecular complexity index is 1050. The van der Waals surface area contributed by atoms with Crippen molar-refractivity contribution < 1.29 is 23.8 Å². The predicted molar refractivity (Wildman–Crippen MR) is 132 cm³/mol. The number of hydrogen-bond donors (Lipinski definition) is 1. The maximum atomic E-state index is 12.8. The van der Waals surface area contributed by atoms with E-state index in [2.05, 4.69) is 34.5 Å². The summed E-state index contributed by atoms with van der Waals surface area (Å²) >= 11 is 0. The molecule has 8 heteroatoms. The molecule has 0 unspecified atom stereocenters. The van der Waals surface area contributed by atoms with Gasteiger partial charge < -0.3 is 29.3 Å². The van der Waals surface area contributed by atoms with Gasteiger partial charge in [0.2, 0.25) is 12.7 Å². The first-order chi connectivity index (χ1) is 17.1. The van der Waals surface area contributed by atoms with Crippen LogP contribution < -0.4 is 19.7 Å². The fraction of sp³-hybridized carbons (Fsp3) is 0.481. The minimum absolute atomic E-state index is 0.0139. The van der Waals surface area contributed by atoms with Crippen LogP contribution in [-0.2, 0) is 27.3 Å². The number of nitrogens with zero attached hydrogens (tertiary/aromatic N) is 2. The summed E-state index contributed by atoms with van der Waals surface area (Å²) in [5.41, 5.74) is 3.35. The molecule has 3 aliphatic heterocycles. The van der Waals surface area contributed by atoms with Gasteiger partial charge in [0.15, 0.2) is 11.5 Å². The monoisotopic (exact) mass is 479 g/mol. The lowest BCUT2D eigenvalue weighted by atomic mass is 10.0. The number of hydrogen-bond acceptors (Lipinski definition) is 7. The standard InChI is InChI=1S/C27H33N3O5/c1-33-27(32)23-3-2-12-30(23)26(31)16-19-4-7-22(8-5-19)29-13-10-21(11-14-29)28-17-20-6-9-24-25(15-20)35-18-34-24/h4-9,15,21,23,28H,2-3,10-14,16-18H2,1H3/t23-/m0/s1. The highest BCUT2D eigenvalue weighted by molar-refractivity contribution is 5.86. The maximum absolute atomic E-state index is 12.8. The van der Waals surface area contributed by atoms with Crippen molar-refractivity contribution in [3.8, 4) is 11.5 Å². The van der Waals surface area contributed by atoms with Gasteiger partial charge >= 0.3 is 5.97 Å². The van der Waals surface area contributed by atoms with Crippen molar-refractivity contribution in [2.45, 2.75) is 50.7 Å². The SMILES string of the molecule is COC(=O)[C@@H]1CCCN1C(=O)Cc1ccc(N2CCC(NCc3ccc4c(c3)OCO4)CC2)cc1. The molecule has 186 valence electrons. The van der Waals surface area contributed by atoms with E-state index >= 15 is 0 Å². The zero-order valence-corrected chi connectivity index (χ0v) is 20.2. The molecular formula is C27H33N3O5. The smallest absolute Gasteiger partial charge is 0.328 e. The number of piperidine rings is 1. The van der Waals surface area contributed by atoms with E-state index in [1.165, 1.54) is 18.4 Å². The summed E-state index contributed by atoms with van der Waals surface area (Å²) in [5, 5.41) is 3.68. The van der Waals surface area contributed by atoms with Gasteiger partial charge in [-0.2, -0.15) is 0 Å². The Hall–Kier alpha value is -3.26. The van der Waals surface area contributed by atoms with Gasteiger partial charge in [-0.25, -0.2) is 4.79 Å². The predicted octanol–water partition coefficient (Wildman–Crippen LogP) is 2.88. The molecule has 8 nitrogen and oxygen atoms in total. The molecule has 2 fully saturated rings. The molecule has 3 heterocycles. The lowest BCUT2D eigenvalue weighted by Gasteiger charge is -2.34. The summed E-state index contributed by atoms with van der Waals surface area (Å²) in [5.74, 6) is 1.31. The maximum Gasteiger partial charge on any atom is 0.328 e. The van der Waals surface area contributed by atoms with Crippen molar-refractivity contribution in [1.82, 2.24) is 10.2 Å². The number of benzene rings is 2. The average molecular weight is 480 g/mol. The van der Waals surface area contributed by atoms with Crippen molar-refractivity contribution in [2.75, 3.05) is 38.4 Å². The first-order valence-electron chi connectivity index (χ1n) is 12.4. The third kappa shape index (κ3) is 5.37. The van der Waals surface area contributed by atoms with Crippen LogP contribution in [-0.4, -0.2) is 62.4 Å². The molecule has 35 heavy (non-hydrogen) atoms. The van der Waals surface area contributed by atoms with E-state index in [0.717, 1.165) is 56.0 Å². The van der Waals surface area contributed by atoms with Crippen molar-refractivity contribution in [2.24, 2.45) is 0 Å². The summed E-state index contributed by atoms with van der Waals surface area (Å²) in [6.45, 7) is 3.72. The summed E-state index contributed by atoms with van der Waals surface area (Å²) in [7, 11) is 1.38. The largest absolute Gasteiger partial charge is 0.467 e. The number of carbonyl (C=O) groups excluding carboxylic acids is 2. The number of ether oxygens (including phenoxy) is 3. The van der Waals surface area contributed by atoms with Crippen molar-refractivity contribution in [3.05, 3.63) is 53.6 Å². The van der Waals surface area contributed by atoms with Gasteiger partial charge in [-0.05, 0) is 61.1 Å². The van der Waals surface area contributed by atoms with Crippen molar-refractivity contribution in [1.29, 1.82) is 0 Å². The van der Waals surface area contributed by atoms with Crippen LogP contribution in [0.3, 0.4) is 0 Å². The van der Waals surface area contributed by atoms with Gasteiger partial charge in [-0.1, -0.05) is 18.2 Å². The van der Waals surface area contributed by atoms with Crippen LogP contribution in [0.2, 0.25) is 0 Å². The molecule has 1 amide bonds. The molecule has 0 bridgehead atoms. The lowest BCUT2D eigenvalue weighted by Crippen LogP contribution is -2.42. The minimum atomic E-state index is -0.438. The van der Waals surface area contributed by atoms with Crippen molar-refractivity contribution in [3.63, 3.8) is 0 Å². The number of nitrogens with one attached hydrogen (secondary N) is 1. The lowest BCUT2D eigenvalue weighted by molar-refractivity contribution is -0.150. The Kier molecular flexibility index (Phi) is 7.08. The summed E-state index contributed by atoms with van der Waals surface area (Å²) in [6, 6.07) is 14.4. The normalized spacial score (nSPS) is 19.7. The number of methoxy groups -OCH3 is 1. The van der Waals surface area contributed by atoms with Gasteiger partial charge in [-0.15, -0.1) is 0 Å². The van der Waals surface area contributed by atoms with E-state index in [1.807, 2.05) is 18.2 Å². The van der Waals surface area contributed by atoms with E-state index < -0.39 is 6.04 Å². The van der Waals surface area contributed by atoms with Crippen LogP contribution >= 0.6 is 0 Å². The average Bonchev–Trinajstić information content (AvgIpc) is 3.57. The highest BCUT2D eigenvalue weighted by Gasteiger charge is 2.34. The second-order valence-electron chi connectivity index (χ2n) is 9.44. The molecule has 2 aromatic rings. The van der Waals surface area contributed by atoms with Crippen LogP contribution in [0, 0.1) is 0 Å². The molecular weight excluding hydrogens is 446 g/mol. The highest BCUT2D eigenvalue weighted by Crippen LogP contribution is 2.32. The van der Waals surface area contributed by atoms with Crippen LogP contribution in [0.1, 0.15) is 36.8 Å². The van der Waals surface area contributed by atoms with E-state index in [4.69, 9.17) is 14.2 Å². The topological polar surface area (TPSA) is 80.3 Å². The number of fused-ring (bicyclic) bond motifs is 1. The molecule has 0 aromatic heterocycles. The number of likely N-dealkylation sites (tertiary alicyclic amines) is 1. The van der Waals surface area contributed by atoms with E-state index in [1.54, 1.807) is 4.90 Å². The summed E-state index contributed by atoms with van der Waals surface area (Å²) < 4.78 is 15.7. The fourth-order valence-electron chi connectivity index (χ4n) is 5.20. The molecule has 3 aliphatic rings. The highest BCUT2D eigenvalue weighted by atomic mass is 16.7. The fourth-order valence-corrected chi connectivity index (χ4v) is 5.20. The molecule has 0 radical (unpaired) electrons. The number of anilines is 1. The Morgan fingerprint density at radius 2 is 1.71 bits per heavy atom. The van der Waals surface area contributed by atoms with Gasteiger partial charge in [0.05, 0.1) is 13.5 Å². The number of carbonyl (C=O) groups is 2. The molecule has 0 spiro atoms. The molecule has 5 rings (SSSR count). The van der Waals surface area contributed by atoms with Crippen LogP contribution in [0.15, 0.2) is 42.5 Å². The van der Waals surface area contributed by atoms with E-state index in [0.29, 0.717) is 32.2 Å². The Balaban J connectivity index is 1.08. The summed E-state index contributed by atoms with van der Waals surface area (Å²) in [6.07, 6.45) is 3.98. The van der Waals surface area contributed by atoms with Gasteiger partial charge in [0.25, 0.3) is 0 Å². The number of esters is 1. The van der Waals surface area contributed by atoms with E-state index in [9.17, 15) is 9.59 Å². The molecule has 0 aliphatic carbocycles. The Labute approximate surface area is 206 Å².